The second-order valence-corrected chi connectivity index (χ2v) is 6.83. The monoisotopic (exact) mass is 453 g/mol. The summed E-state index contributed by atoms with van der Waals surface area (Å²) >= 11 is 0. The molecule has 1 atom stereocenters. The fourth-order valence-corrected chi connectivity index (χ4v) is 2.56. The lowest BCUT2D eigenvalue weighted by Crippen LogP contribution is -2.48. The number of guanidine groups is 1. The topological polar surface area (TPSA) is 91.0 Å². The van der Waals surface area contributed by atoms with Crippen LogP contribution < -0.4 is 11.1 Å². The predicted molar refractivity (Wildman–Crippen MR) is 107 cm³/mol. The number of aliphatic imine (C=N–C) groups is 1. The average Bonchev–Trinajstić information content (AvgIpc) is 2.46. The molecule has 140 valence electrons. The van der Waals surface area contributed by atoms with Crippen molar-refractivity contribution in [3.63, 3.8) is 0 Å². The highest BCUT2D eigenvalue weighted by Gasteiger charge is 2.24. The van der Waals surface area contributed by atoms with Crippen molar-refractivity contribution in [2.24, 2.45) is 22.6 Å². The number of piperidine rings is 1. The van der Waals surface area contributed by atoms with Crippen LogP contribution in [0.15, 0.2) is 4.99 Å². The SMILES string of the molecule is CC(C)CNC(=NCC(=O)N(C)C)N1CCCC(CC(N)=O)C1.I. The van der Waals surface area contributed by atoms with E-state index in [2.05, 4.69) is 29.1 Å². The maximum atomic E-state index is 11.8. The van der Waals surface area contributed by atoms with Gasteiger partial charge in [-0.2, -0.15) is 0 Å². The molecule has 0 bridgehead atoms. The van der Waals surface area contributed by atoms with E-state index in [4.69, 9.17) is 5.73 Å². The number of primary amides is 1. The van der Waals surface area contributed by atoms with E-state index >= 15 is 0 Å². The van der Waals surface area contributed by atoms with Crippen molar-refractivity contribution in [2.45, 2.75) is 33.1 Å². The Balaban J connectivity index is 0.00000529. The smallest absolute Gasteiger partial charge is 0.243 e. The van der Waals surface area contributed by atoms with Gasteiger partial charge in [0.25, 0.3) is 0 Å². The van der Waals surface area contributed by atoms with Gasteiger partial charge in [-0.1, -0.05) is 13.8 Å². The Morgan fingerprint density at radius 3 is 2.58 bits per heavy atom. The van der Waals surface area contributed by atoms with Crippen LogP contribution in [0, 0.1) is 11.8 Å². The molecule has 0 aromatic carbocycles. The van der Waals surface area contributed by atoms with Crippen molar-refractivity contribution in [1.82, 2.24) is 15.1 Å². The zero-order chi connectivity index (χ0) is 17.4. The summed E-state index contributed by atoms with van der Waals surface area (Å²) in [5, 5.41) is 3.35. The Kier molecular flexibility index (Phi) is 11.0. The second-order valence-electron chi connectivity index (χ2n) is 6.83. The zero-order valence-corrected chi connectivity index (χ0v) is 17.6. The first-order valence-electron chi connectivity index (χ1n) is 8.31. The number of carbonyl (C=O) groups is 2. The number of nitrogens with zero attached hydrogens (tertiary/aromatic N) is 3. The molecule has 8 heteroatoms. The Labute approximate surface area is 162 Å². The molecule has 0 saturated carbocycles. The van der Waals surface area contributed by atoms with Gasteiger partial charge in [-0.05, 0) is 24.7 Å². The third-order valence-electron chi connectivity index (χ3n) is 3.84. The molecule has 1 fully saturated rings. The largest absolute Gasteiger partial charge is 0.370 e. The number of likely N-dealkylation sites (tertiary alicyclic amines) is 1. The van der Waals surface area contributed by atoms with Crippen LogP contribution in [-0.4, -0.2) is 67.8 Å². The first kappa shape index (κ1) is 22.9. The van der Waals surface area contributed by atoms with Crippen molar-refractivity contribution in [1.29, 1.82) is 0 Å². The summed E-state index contributed by atoms with van der Waals surface area (Å²) in [6.45, 7) is 6.82. The van der Waals surface area contributed by atoms with E-state index < -0.39 is 0 Å². The molecule has 1 unspecified atom stereocenters. The van der Waals surface area contributed by atoms with E-state index in [-0.39, 0.29) is 48.3 Å². The van der Waals surface area contributed by atoms with Crippen LogP contribution in [0.1, 0.15) is 33.1 Å². The number of nitrogens with two attached hydrogens (primary N) is 1. The third kappa shape index (κ3) is 8.70. The van der Waals surface area contributed by atoms with Gasteiger partial charge in [0, 0.05) is 40.2 Å². The lowest BCUT2D eigenvalue weighted by Gasteiger charge is -2.35. The number of rotatable bonds is 6. The number of carbonyl (C=O) groups excluding carboxylic acids is 2. The quantitative estimate of drug-likeness (QED) is 0.355. The van der Waals surface area contributed by atoms with Gasteiger partial charge >= 0.3 is 0 Å². The molecule has 0 radical (unpaired) electrons. The zero-order valence-electron chi connectivity index (χ0n) is 15.2. The minimum Gasteiger partial charge on any atom is -0.370 e. The van der Waals surface area contributed by atoms with Crippen LogP contribution in [0.25, 0.3) is 0 Å². The van der Waals surface area contributed by atoms with Crippen LogP contribution in [0.2, 0.25) is 0 Å². The number of halogens is 1. The lowest BCUT2D eigenvalue weighted by atomic mass is 9.95. The van der Waals surface area contributed by atoms with Gasteiger partial charge in [-0.25, -0.2) is 4.99 Å². The molecular formula is C16H32IN5O2. The minimum absolute atomic E-state index is 0. The summed E-state index contributed by atoms with van der Waals surface area (Å²) < 4.78 is 0. The summed E-state index contributed by atoms with van der Waals surface area (Å²) in [4.78, 5) is 31.1. The molecule has 0 aromatic heterocycles. The third-order valence-corrected chi connectivity index (χ3v) is 3.84. The normalized spacial score (nSPS) is 18.1. The Hall–Kier alpha value is -1.06. The minimum atomic E-state index is -0.256. The summed E-state index contributed by atoms with van der Waals surface area (Å²) in [6.07, 6.45) is 2.42. The maximum Gasteiger partial charge on any atom is 0.243 e. The van der Waals surface area contributed by atoms with Crippen LogP contribution in [0.4, 0.5) is 0 Å². The fourth-order valence-electron chi connectivity index (χ4n) is 2.56. The van der Waals surface area contributed by atoms with Gasteiger partial charge in [-0.3, -0.25) is 9.59 Å². The van der Waals surface area contributed by atoms with E-state index in [1.165, 1.54) is 4.90 Å². The highest BCUT2D eigenvalue weighted by atomic mass is 127. The molecule has 1 rings (SSSR count). The fraction of sp³-hybridized carbons (Fsp3) is 0.812. The number of hydrogen-bond acceptors (Lipinski definition) is 3. The Morgan fingerprint density at radius 1 is 1.38 bits per heavy atom. The van der Waals surface area contributed by atoms with Crippen molar-refractivity contribution >= 4 is 41.8 Å². The van der Waals surface area contributed by atoms with Gasteiger partial charge in [0.1, 0.15) is 6.54 Å². The van der Waals surface area contributed by atoms with Crippen molar-refractivity contribution in [3.05, 3.63) is 0 Å². The maximum absolute atomic E-state index is 11.8. The highest BCUT2D eigenvalue weighted by Crippen LogP contribution is 2.19. The van der Waals surface area contributed by atoms with E-state index in [9.17, 15) is 9.59 Å². The number of hydrogen-bond donors (Lipinski definition) is 2. The van der Waals surface area contributed by atoms with Gasteiger partial charge in [0.15, 0.2) is 5.96 Å². The predicted octanol–water partition coefficient (Wildman–Crippen LogP) is 0.882. The van der Waals surface area contributed by atoms with Crippen molar-refractivity contribution in [3.8, 4) is 0 Å². The summed E-state index contributed by atoms with van der Waals surface area (Å²) in [7, 11) is 3.45. The number of likely N-dealkylation sites (N-methyl/N-ethyl adjacent to an activating group) is 1. The molecule has 2 amide bonds. The van der Waals surface area contributed by atoms with Crippen molar-refractivity contribution in [2.75, 3.05) is 40.3 Å². The molecule has 1 aliphatic rings. The average molecular weight is 453 g/mol. The molecule has 3 N–H and O–H groups in total. The van der Waals surface area contributed by atoms with Gasteiger partial charge < -0.3 is 20.9 Å². The first-order chi connectivity index (χ1) is 10.8. The number of amides is 2. The van der Waals surface area contributed by atoms with Crippen molar-refractivity contribution < 1.29 is 9.59 Å². The van der Waals surface area contributed by atoms with E-state index in [0.717, 1.165) is 38.4 Å². The van der Waals surface area contributed by atoms with Gasteiger partial charge in [0.05, 0.1) is 0 Å². The summed E-state index contributed by atoms with van der Waals surface area (Å²) in [6, 6.07) is 0. The molecule has 1 aliphatic heterocycles. The van der Waals surface area contributed by atoms with Crippen LogP contribution in [0.3, 0.4) is 0 Å². The standard InChI is InChI=1S/C16H31N5O2.HI/c1-12(2)9-18-16(19-10-15(23)20(3)4)21-7-5-6-13(11-21)8-14(17)22;/h12-13H,5-11H2,1-4H3,(H2,17,22)(H,18,19);1H. The molecule has 0 spiro atoms. The van der Waals surface area contributed by atoms with Crippen LogP contribution >= 0.6 is 24.0 Å². The second kappa shape index (κ2) is 11.5. The first-order valence-corrected chi connectivity index (χ1v) is 8.31. The summed E-state index contributed by atoms with van der Waals surface area (Å²) in [5.74, 6) is 1.21. The number of nitrogens with one attached hydrogen (secondary N) is 1. The highest BCUT2D eigenvalue weighted by molar-refractivity contribution is 14.0. The van der Waals surface area contributed by atoms with Crippen LogP contribution in [-0.2, 0) is 9.59 Å². The molecule has 1 heterocycles. The molecule has 1 saturated heterocycles. The molecular weight excluding hydrogens is 421 g/mol. The lowest BCUT2D eigenvalue weighted by molar-refractivity contribution is -0.127. The van der Waals surface area contributed by atoms with Gasteiger partial charge in [0.2, 0.25) is 11.8 Å². The summed E-state index contributed by atoms with van der Waals surface area (Å²) in [5.41, 5.74) is 5.32. The van der Waals surface area contributed by atoms with Gasteiger partial charge in [-0.15, -0.1) is 24.0 Å². The molecule has 0 aromatic rings. The Bertz CT molecular complexity index is 440. The van der Waals surface area contributed by atoms with E-state index in [0.29, 0.717) is 12.3 Å². The molecule has 0 aliphatic carbocycles. The van der Waals surface area contributed by atoms with E-state index in [1.54, 1.807) is 14.1 Å². The Morgan fingerprint density at radius 2 is 2.04 bits per heavy atom. The molecule has 7 nitrogen and oxygen atoms in total. The molecule has 24 heavy (non-hydrogen) atoms. The van der Waals surface area contributed by atoms with E-state index in [1.807, 2.05) is 0 Å². The van der Waals surface area contributed by atoms with Crippen LogP contribution in [0.5, 0.6) is 0 Å².